The van der Waals surface area contributed by atoms with Gasteiger partial charge in [-0.2, -0.15) is 0 Å². The topological polar surface area (TPSA) is 29.1 Å². The Kier molecular flexibility index (Phi) is 6.61. The Balaban J connectivity index is 2.62. The van der Waals surface area contributed by atoms with Gasteiger partial charge in [-0.25, -0.2) is 0 Å². The van der Waals surface area contributed by atoms with Crippen molar-refractivity contribution in [1.29, 1.82) is 0 Å². The molecule has 0 aliphatic carbocycles. The Morgan fingerprint density at radius 3 is 2.58 bits per heavy atom. The van der Waals surface area contributed by atoms with Crippen LogP contribution in [-0.4, -0.2) is 5.91 Å². The van der Waals surface area contributed by atoms with Gasteiger partial charge in [-0.1, -0.05) is 57.9 Å². The Morgan fingerprint density at radius 2 is 1.95 bits per heavy atom. The van der Waals surface area contributed by atoms with Crippen molar-refractivity contribution in [2.24, 2.45) is 5.92 Å². The molecule has 0 radical (unpaired) electrons. The van der Waals surface area contributed by atoms with Crippen LogP contribution in [0, 0.1) is 5.92 Å². The third-order valence-corrected chi connectivity index (χ3v) is 3.40. The minimum atomic E-state index is 0.0372. The van der Waals surface area contributed by atoms with E-state index in [0.29, 0.717) is 0 Å². The second-order valence-electron chi connectivity index (χ2n) is 5.59. The summed E-state index contributed by atoms with van der Waals surface area (Å²) in [6.45, 7) is 8.11. The predicted octanol–water partition coefficient (Wildman–Crippen LogP) is 4.25. The Labute approximate surface area is 117 Å². The highest BCUT2D eigenvalue weighted by Gasteiger charge is 2.12. The zero-order chi connectivity index (χ0) is 14.3. The lowest BCUT2D eigenvalue weighted by molar-refractivity contribution is -0.124. The number of rotatable bonds is 7. The van der Waals surface area contributed by atoms with Crippen LogP contribution in [0.15, 0.2) is 24.3 Å². The minimum absolute atomic E-state index is 0.0372. The molecule has 1 atom stereocenters. The fourth-order valence-electron chi connectivity index (χ4n) is 2.06. The molecule has 0 aromatic heterocycles. The number of nitrogens with one attached hydrogen (secondary N) is 1. The maximum absolute atomic E-state index is 11.7. The number of carbonyl (C=O) groups excluding carboxylic acids is 1. The maximum atomic E-state index is 11.7. The molecule has 0 heterocycles. The van der Waals surface area contributed by atoms with Crippen LogP contribution < -0.4 is 5.32 Å². The van der Waals surface area contributed by atoms with E-state index in [1.807, 2.05) is 20.8 Å². The summed E-state index contributed by atoms with van der Waals surface area (Å²) in [6.07, 6.45) is 4.91. The van der Waals surface area contributed by atoms with E-state index in [2.05, 4.69) is 36.5 Å². The third-order valence-electron chi connectivity index (χ3n) is 3.40. The van der Waals surface area contributed by atoms with Crippen molar-refractivity contribution in [3.05, 3.63) is 35.4 Å². The van der Waals surface area contributed by atoms with Gasteiger partial charge in [0.25, 0.3) is 0 Å². The molecular formula is C17H27NO. The number of carbonyl (C=O) groups is 1. The van der Waals surface area contributed by atoms with E-state index in [0.717, 1.165) is 6.42 Å². The van der Waals surface area contributed by atoms with Crippen LogP contribution in [0.1, 0.15) is 64.1 Å². The monoisotopic (exact) mass is 261 g/mol. The molecule has 1 aromatic carbocycles. The highest BCUT2D eigenvalue weighted by molar-refractivity contribution is 5.78. The lowest BCUT2D eigenvalue weighted by Gasteiger charge is -2.17. The molecule has 19 heavy (non-hydrogen) atoms. The summed E-state index contributed by atoms with van der Waals surface area (Å²) in [5.74, 6) is 0.152. The summed E-state index contributed by atoms with van der Waals surface area (Å²) in [5.41, 5.74) is 2.57. The summed E-state index contributed by atoms with van der Waals surface area (Å²) in [6, 6.07) is 8.67. The first-order valence-corrected chi connectivity index (χ1v) is 7.43. The molecule has 1 N–H and O–H groups in total. The molecule has 0 aliphatic rings. The van der Waals surface area contributed by atoms with E-state index < -0.39 is 0 Å². The van der Waals surface area contributed by atoms with E-state index in [4.69, 9.17) is 0 Å². The van der Waals surface area contributed by atoms with Crippen LogP contribution in [0.3, 0.4) is 0 Å². The Bertz CT molecular complexity index is 398. The predicted molar refractivity (Wildman–Crippen MR) is 81.1 cm³/mol. The van der Waals surface area contributed by atoms with Crippen LogP contribution in [0.4, 0.5) is 0 Å². The van der Waals surface area contributed by atoms with Crippen molar-refractivity contribution in [3.63, 3.8) is 0 Å². The minimum Gasteiger partial charge on any atom is -0.349 e. The van der Waals surface area contributed by atoms with Crippen LogP contribution in [-0.2, 0) is 11.2 Å². The van der Waals surface area contributed by atoms with Crippen LogP contribution in [0.25, 0.3) is 0 Å². The van der Waals surface area contributed by atoms with E-state index in [-0.39, 0.29) is 17.9 Å². The number of amides is 1. The largest absolute Gasteiger partial charge is 0.349 e. The van der Waals surface area contributed by atoms with Crippen LogP contribution in [0.2, 0.25) is 0 Å². The first-order valence-electron chi connectivity index (χ1n) is 7.43. The number of unbranched alkanes of at least 4 members (excludes halogenated alkanes) is 2. The molecule has 1 rings (SSSR count). The normalized spacial score (nSPS) is 12.5. The molecule has 1 amide bonds. The highest BCUT2D eigenvalue weighted by Crippen LogP contribution is 2.16. The van der Waals surface area contributed by atoms with E-state index in [1.165, 1.54) is 30.4 Å². The quantitative estimate of drug-likeness (QED) is 0.730. The fraction of sp³-hybridized carbons (Fsp3) is 0.588. The van der Waals surface area contributed by atoms with Crippen molar-refractivity contribution in [2.45, 2.75) is 59.4 Å². The number of benzene rings is 1. The van der Waals surface area contributed by atoms with Gasteiger partial charge >= 0.3 is 0 Å². The lowest BCUT2D eigenvalue weighted by atomic mass is 10.0. The van der Waals surface area contributed by atoms with Gasteiger partial charge in [0.1, 0.15) is 0 Å². The first-order chi connectivity index (χ1) is 9.04. The van der Waals surface area contributed by atoms with Crippen molar-refractivity contribution in [1.82, 2.24) is 5.32 Å². The Morgan fingerprint density at radius 1 is 1.21 bits per heavy atom. The second-order valence-corrected chi connectivity index (χ2v) is 5.59. The smallest absolute Gasteiger partial charge is 0.223 e. The Hall–Kier alpha value is -1.31. The molecule has 0 spiro atoms. The summed E-state index contributed by atoms with van der Waals surface area (Å²) >= 11 is 0. The molecule has 0 bridgehead atoms. The molecule has 106 valence electrons. The van der Waals surface area contributed by atoms with Crippen molar-refractivity contribution in [3.8, 4) is 0 Å². The standard InChI is InChI=1S/C17H27NO/c1-5-6-7-9-15-10-8-11-16(12-15)14(4)18-17(19)13(2)3/h8,10-14H,5-7,9H2,1-4H3,(H,18,19). The zero-order valence-electron chi connectivity index (χ0n) is 12.7. The first kappa shape index (κ1) is 15.7. The fourth-order valence-corrected chi connectivity index (χ4v) is 2.06. The average molecular weight is 261 g/mol. The number of aryl methyl sites for hydroxylation is 1. The van der Waals surface area contributed by atoms with E-state index in [1.54, 1.807) is 0 Å². The summed E-state index contributed by atoms with van der Waals surface area (Å²) in [5, 5.41) is 3.05. The van der Waals surface area contributed by atoms with Gasteiger partial charge in [0, 0.05) is 5.92 Å². The molecule has 0 aliphatic heterocycles. The number of hydrogen-bond donors (Lipinski definition) is 1. The lowest BCUT2D eigenvalue weighted by Crippen LogP contribution is -2.30. The average Bonchev–Trinajstić information content (AvgIpc) is 2.39. The van der Waals surface area contributed by atoms with Gasteiger partial charge in [-0.15, -0.1) is 0 Å². The molecule has 2 heteroatoms. The van der Waals surface area contributed by atoms with Gasteiger partial charge in [-0.3, -0.25) is 4.79 Å². The van der Waals surface area contributed by atoms with Crippen molar-refractivity contribution >= 4 is 5.91 Å². The molecule has 2 nitrogen and oxygen atoms in total. The summed E-state index contributed by atoms with van der Waals surface area (Å²) in [7, 11) is 0. The zero-order valence-corrected chi connectivity index (χ0v) is 12.7. The molecule has 0 saturated carbocycles. The van der Waals surface area contributed by atoms with Crippen LogP contribution >= 0.6 is 0 Å². The summed E-state index contributed by atoms with van der Waals surface area (Å²) < 4.78 is 0. The van der Waals surface area contributed by atoms with Gasteiger partial charge in [0.2, 0.25) is 5.91 Å². The molecular weight excluding hydrogens is 234 g/mol. The van der Waals surface area contributed by atoms with Crippen molar-refractivity contribution in [2.75, 3.05) is 0 Å². The van der Waals surface area contributed by atoms with Crippen molar-refractivity contribution < 1.29 is 4.79 Å². The number of hydrogen-bond acceptors (Lipinski definition) is 1. The maximum Gasteiger partial charge on any atom is 0.223 e. The SMILES string of the molecule is CCCCCc1cccc(C(C)NC(=O)C(C)C)c1. The molecule has 1 aromatic rings. The summed E-state index contributed by atoms with van der Waals surface area (Å²) in [4.78, 5) is 11.7. The van der Waals surface area contributed by atoms with Gasteiger partial charge < -0.3 is 5.32 Å². The molecule has 1 unspecified atom stereocenters. The van der Waals surface area contributed by atoms with Gasteiger partial charge in [-0.05, 0) is 30.9 Å². The van der Waals surface area contributed by atoms with E-state index in [9.17, 15) is 4.79 Å². The van der Waals surface area contributed by atoms with Gasteiger partial charge in [0.15, 0.2) is 0 Å². The van der Waals surface area contributed by atoms with E-state index >= 15 is 0 Å². The molecule has 0 fully saturated rings. The molecule has 0 saturated heterocycles. The van der Waals surface area contributed by atoms with Gasteiger partial charge in [0.05, 0.1) is 6.04 Å². The third kappa shape index (κ3) is 5.46. The second kappa shape index (κ2) is 7.98. The highest BCUT2D eigenvalue weighted by atomic mass is 16.1. The van der Waals surface area contributed by atoms with Crippen LogP contribution in [0.5, 0.6) is 0 Å².